The summed E-state index contributed by atoms with van der Waals surface area (Å²) in [7, 11) is 0. The average Bonchev–Trinajstić information content (AvgIpc) is 3.00. The van der Waals surface area contributed by atoms with Crippen molar-refractivity contribution >= 4 is 38.1 Å². The Morgan fingerprint density at radius 2 is 1.35 bits per heavy atom. The molecule has 5 rings (SSSR count). The van der Waals surface area contributed by atoms with Crippen LogP contribution in [0.2, 0.25) is 0 Å². The molecular formula is C42H50IrNO2-. The first kappa shape index (κ1) is 37.1. The molecule has 0 spiro atoms. The molecule has 0 atom stereocenters. The van der Waals surface area contributed by atoms with Crippen molar-refractivity contribution < 1.29 is 30.0 Å². The number of allylic oxidation sites excluding steroid dienone is 2. The number of aromatic nitrogens is 1. The van der Waals surface area contributed by atoms with Crippen molar-refractivity contribution in [2.75, 3.05) is 0 Å². The summed E-state index contributed by atoms with van der Waals surface area (Å²) in [6.45, 7) is 19.1. The van der Waals surface area contributed by atoms with Crippen LogP contribution in [0.1, 0.15) is 90.8 Å². The first-order valence-corrected chi connectivity index (χ1v) is 16.6. The third kappa shape index (κ3) is 8.33. The minimum absolute atomic E-state index is 0. The molecule has 0 aliphatic rings. The molecule has 0 fully saturated rings. The molecule has 1 N–H and O–H groups in total. The van der Waals surface area contributed by atoms with Gasteiger partial charge in [0.05, 0.1) is 5.76 Å². The van der Waals surface area contributed by atoms with E-state index in [-0.39, 0.29) is 48.9 Å². The maximum Gasteiger partial charge on any atom is 0.162 e. The van der Waals surface area contributed by atoms with Crippen molar-refractivity contribution in [3.63, 3.8) is 0 Å². The Balaban J connectivity index is 0.000000309. The molecule has 4 aromatic carbocycles. The van der Waals surface area contributed by atoms with Gasteiger partial charge in [-0.3, -0.25) is 4.79 Å². The van der Waals surface area contributed by atoms with Crippen LogP contribution in [0.15, 0.2) is 78.7 Å². The number of carbonyl (C=O) groups excluding carboxylic acids is 1. The molecule has 0 saturated carbocycles. The van der Waals surface area contributed by atoms with Crippen LogP contribution in [0.5, 0.6) is 0 Å². The third-order valence-electron chi connectivity index (χ3n) is 9.11. The number of aliphatic hydroxyl groups is 1. The number of carbonyl (C=O) groups is 1. The van der Waals surface area contributed by atoms with E-state index in [4.69, 9.17) is 4.98 Å². The average molecular weight is 793 g/mol. The molecule has 4 heteroatoms. The van der Waals surface area contributed by atoms with Crippen molar-refractivity contribution in [2.45, 2.75) is 93.4 Å². The second-order valence-corrected chi connectivity index (χ2v) is 13.4. The molecule has 0 bridgehead atoms. The van der Waals surface area contributed by atoms with Crippen LogP contribution in [0.3, 0.4) is 0 Å². The molecule has 0 saturated heterocycles. The molecule has 0 aliphatic heterocycles. The van der Waals surface area contributed by atoms with E-state index in [1.807, 2.05) is 33.9 Å². The van der Waals surface area contributed by atoms with Gasteiger partial charge in [0.25, 0.3) is 0 Å². The molecule has 245 valence electrons. The third-order valence-corrected chi connectivity index (χ3v) is 9.11. The zero-order valence-corrected chi connectivity index (χ0v) is 31.4. The van der Waals surface area contributed by atoms with Gasteiger partial charge in [-0.1, -0.05) is 105 Å². The van der Waals surface area contributed by atoms with E-state index < -0.39 is 0 Å². The van der Waals surface area contributed by atoms with Crippen LogP contribution in [-0.4, -0.2) is 15.9 Å². The predicted molar refractivity (Wildman–Crippen MR) is 193 cm³/mol. The van der Waals surface area contributed by atoms with Gasteiger partial charge < -0.3 is 10.1 Å². The second kappa shape index (κ2) is 16.0. The fourth-order valence-corrected chi connectivity index (χ4v) is 6.30. The zero-order valence-electron chi connectivity index (χ0n) is 29.0. The zero-order chi connectivity index (χ0) is 32.9. The molecule has 5 aromatic rings. The molecule has 0 aliphatic carbocycles. The first-order chi connectivity index (χ1) is 21.4. The largest absolute Gasteiger partial charge is 0.512 e. The van der Waals surface area contributed by atoms with Crippen LogP contribution in [0, 0.1) is 31.7 Å². The Hall–Kier alpha value is -3.33. The molecule has 0 unspecified atom stereocenters. The van der Waals surface area contributed by atoms with E-state index in [9.17, 15) is 9.90 Å². The number of pyridine rings is 1. The van der Waals surface area contributed by atoms with Crippen molar-refractivity contribution in [1.29, 1.82) is 0 Å². The smallest absolute Gasteiger partial charge is 0.162 e. The van der Waals surface area contributed by atoms with Crippen LogP contribution in [-0.2, 0) is 30.3 Å². The van der Waals surface area contributed by atoms with Gasteiger partial charge in [0.1, 0.15) is 0 Å². The van der Waals surface area contributed by atoms with Gasteiger partial charge >= 0.3 is 0 Å². The number of nitrogens with zero attached hydrogens (tertiary/aromatic N) is 1. The molecule has 3 nitrogen and oxygen atoms in total. The number of hydrogen-bond donors (Lipinski definition) is 1. The van der Waals surface area contributed by atoms with E-state index in [0.29, 0.717) is 0 Å². The summed E-state index contributed by atoms with van der Waals surface area (Å²) in [5.74, 6) is 0.547. The molecule has 46 heavy (non-hydrogen) atoms. The standard InChI is InChI=1S/C29H26N.C13H24O2.Ir/c1-18-14-19(2)16-21(15-18)28-27-11-10-24-23-9-7-22(29(3,4)5)17-20(23)6-8-25(24)26(27)12-13-30-28;1-5-10(6-2)12(14)9-13(15)11(7-3)8-4;/h6-15,17H,1-5H3;9-11,14H,5-8H2,1-4H3;/q-1;;/b;12-9-;. The number of benzene rings is 4. The Kier molecular flexibility index (Phi) is 12.9. The van der Waals surface area contributed by atoms with Gasteiger partial charge in [-0.2, -0.15) is 0 Å². The van der Waals surface area contributed by atoms with E-state index in [1.54, 1.807) is 0 Å². The molecule has 0 amide bonds. The van der Waals surface area contributed by atoms with Crippen LogP contribution in [0.25, 0.3) is 43.6 Å². The van der Waals surface area contributed by atoms with Crippen molar-refractivity contribution in [3.05, 3.63) is 101 Å². The Morgan fingerprint density at radius 1 is 0.783 bits per heavy atom. The number of aryl methyl sites for hydroxylation is 2. The number of rotatable bonds is 8. The Morgan fingerprint density at radius 3 is 1.96 bits per heavy atom. The topological polar surface area (TPSA) is 50.2 Å². The number of aliphatic hydroxyl groups excluding tert-OH is 1. The first-order valence-electron chi connectivity index (χ1n) is 16.6. The van der Waals surface area contributed by atoms with Gasteiger partial charge in [-0.25, -0.2) is 0 Å². The van der Waals surface area contributed by atoms with Crippen molar-refractivity contribution in [3.8, 4) is 11.3 Å². The van der Waals surface area contributed by atoms with Gasteiger partial charge in [0, 0.05) is 44.2 Å². The van der Waals surface area contributed by atoms with Gasteiger partial charge in [-0.15, -0.1) is 34.9 Å². The summed E-state index contributed by atoms with van der Waals surface area (Å²) in [6, 6.07) is 25.9. The maximum absolute atomic E-state index is 11.7. The molecular weight excluding hydrogens is 743 g/mol. The van der Waals surface area contributed by atoms with Crippen LogP contribution < -0.4 is 0 Å². The summed E-state index contributed by atoms with van der Waals surface area (Å²) in [6.07, 6.45) is 6.83. The second-order valence-electron chi connectivity index (χ2n) is 13.4. The fourth-order valence-electron chi connectivity index (χ4n) is 6.30. The van der Waals surface area contributed by atoms with Gasteiger partial charge in [0.15, 0.2) is 5.78 Å². The van der Waals surface area contributed by atoms with Crippen molar-refractivity contribution in [2.24, 2.45) is 11.8 Å². The Labute approximate surface area is 289 Å². The van der Waals surface area contributed by atoms with E-state index in [0.717, 1.165) is 42.5 Å². The molecule has 1 heterocycles. The predicted octanol–water partition coefficient (Wildman–Crippen LogP) is 11.8. The van der Waals surface area contributed by atoms with E-state index in [1.165, 1.54) is 49.5 Å². The number of ketones is 1. The maximum atomic E-state index is 11.7. The van der Waals surface area contributed by atoms with Crippen molar-refractivity contribution in [1.82, 2.24) is 4.98 Å². The molecule has 1 radical (unpaired) electrons. The minimum Gasteiger partial charge on any atom is -0.512 e. The summed E-state index contributed by atoms with van der Waals surface area (Å²) >= 11 is 0. The summed E-state index contributed by atoms with van der Waals surface area (Å²) < 4.78 is 0. The van der Waals surface area contributed by atoms with E-state index >= 15 is 0 Å². The van der Waals surface area contributed by atoms with Crippen LogP contribution >= 0.6 is 0 Å². The van der Waals surface area contributed by atoms with Crippen LogP contribution in [0.4, 0.5) is 0 Å². The quantitative estimate of drug-likeness (QED) is 0.0737. The molecule has 1 aromatic heterocycles. The number of fused-ring (bicyclic) bond motifs is 5. The normalized spacial score (nSPS) is 12.0. The van der Waals surface area contributed by atoms with Gasteiger partial charge in [-0.05, 0) is 80.7 Å². The fraction of sp³-hybridized carbons (Fsp3) is 0.381. The van der Waals surface area contributed by atoms with E-state index in [2.05, 4.69) is 101 Å². The summed E-state index contributed by atoms with van der Waals surface area (Å²) in [5.41, 5.74) is 5.96. The van der Waals surface area contributed by atoms with Gasteiger partial charge in [0.2, 0.25) is 0 Å². The summed E-state index contributed by atoms with van der Waals surface area (Å²) in [5, 5.41) is 17.3. The minimum atomic E-state index is 0. The summed E-state index contributed by atoms with van der Waals surface area (Å²) in [4.78, 5) is 16.5. The number of hydrogen-bond acceptors (Lipinski definition) is 3. The SMILES string of the molecule is CCC(CC)C(=O)/C=C(\O)C(CC)CC.Cc1[c-]c(-c2nccc3c2ccc2c4ccc(C(C)(C)C)cc4ccc32)cc(C)c1.[Ir]. The monoisotopic (exact) mass is 793 g/mol. The Bertz CT molecular complexity index is 1820.